The average Bonchev–Trinajstić information content (AvgIpc) is 3.56. The van der Waals surface area contributed by atoms with Crippen LogP contribution in [0.4, 0.5) is 11.5 Å². The molecule has 1 aliphatic carbocycles. The number of aromatic nitrogens is 3. The van der Waals surface area contributed by atoms with Crippen molar-refractivity contribution in [1.29, 1.82) is 0 Å². The Morgan fingerprint density at radius 1 is 0.913 bits per heavy atom. The van der Waals surface area contributed by atoms with Crippen molar-refractivity contribution in [1.82, 2.24) is 18.8 Å². The van der Waals surface area contributed by atoms with E-state index in [1.807, 2.05) is 30.3 Å². The fourth-order valence-corrected chi connectivity index (χ4v) is 8.60. The van der Waals surface area contributed by atoms with Gasteiger partial charge in [-0.2, -0.15) is 0 Å². The fraction of sp³-hybridized carbons (Fsp3) is 0.243. The van der Waals surface area contributed by atoms with E-state index in [-0.39, 0.29) is 4.90 Å². The molecule has 232 valence electrons. The van der Waals surface area contributed by atoms with Crippen molar-refractivity contribution in [2.75, 3.05) is 25.0 Å². The molecule has 6 aromatic rings. The van der Waals surface area contributed by atoms with Gasteiger partial charge in [-0.05, 0) is 102 Å². The Morgan fingerprint density at radius 2 is 1.74 bits per heavy atom. The van der Waals surface area contributed by atoms with Gasteiger partial charge in [0.2, 0.25) is 0 Å². The van der Waals surface area contributed by atoms with Crippen molar-refractivity contribution >= 4 is 43.3 Å². The molecule has 2 N–H and O–H groups in total. The number of hydrogen-bond acceptors (Lipinski definition) is 7. The van der Waals surface area contributed by atoms with E-state index in [4.69, 9.17) is 0 Å². The minimum absolute atomic E-state index is 0.248. The number of nitrogens with zero attached hydrogens (tertiary/aromatic N) is 4. The molecular formula is C37H35N5O3S. The van der Waals surface area contributed by atoms with E-state index in [2.05, 4.69) is 56.6 Å². The van der Waals surface area contributed by atoms with E-state index in [1.165, 1.54) is 28.8 Å². The molecule has 0 bridgehead atoms. The van der Waals surface area contributed by atoms with Crippen LogP contribution in [0.1, 0.15) is 24.8 Å². The summed E-state index contributed by atoms with van der Waals surface area (Å²) in [6, 6.07) is 30.9. The average molecular weight is 630 g/mol. The molecule has 2 aromatic heterocycles. The van der Waals surface area contributed by atoms with Crippen molar-refractivity contribution in [2.45, 2.75) is 30.7 Å². The summed E-state index contributed by atoms with van der Waals surface area (Å²) in [5.41, 5.74) is 6.10. The number of anilines is 2. The predicted molar refractivity (Wildman–Crippen MR) is 181 cm³/mol. The molecule has 9 heteroatoms. The van der Waals surface area contributed by atoms with Crippen LogP contribution < -0.4 is 5.32 Å². The Morgan fingerprint density at radius 3 is 2.54 bits per heavy atom. The second-order valence-corrected chi connectivity index (χ2v) is 14.6. The summed E-state index contributed by atoms with van der Waals surface area (Å²) in [6.45, 7) is 3.47. The topological polar surface area (TPSA) is 100 Å². The van der Waals surface area contributed by atoms with Gasteiger partial charge in [-0.1, -0.05) is 48.5 Å². The largest absolute Gasteiger partial charge is 0.396 e. The van der Waals surface area contributed by atoms with Gasteiger partial charge in [0, 0.05) is 42.4 Å². The summed E-state index contributed by atoms with van der Waals surface area (Å²) >= 11 is 0. The number of nitrogens with one attached hydrogen (secondary N) is 1. The summed E-state index contributed by atoms with van der Waals surface area (Å²) in [7, 11) is -3.70. The van der Waals surface area contributed by atoms with E-state index in [0.717, 1.165) is 52.7 Å². The van der Waals surface area contributed by atoms with Crippen molar-refractivity contribution in [3.8, 4) is 11.1 Å². The molecule has 1 saturated carbocycles. The lowest BCUT2D eigenvalue weighted by Gasteiger charge is -2.33. The number of aliphatic hydroxyl groups excluding tert-OH is 1. The van der Waals surface area contributed by atoms with Gasteiger partial charge in [-0.3, -0.25) is 4.90 Å². The monoisotopic (exact) mass is 629 g/mol. The zero-order valence-corrected chi connectivity index (χ0v) is 26.2. The van der Waals surface area contributed by atoms with Crippen molar-refractivity contribution in [3.63, 3.8) is 0 Å². The molecule has 46 heavy (non-hydrogen) atoms. The molecule has 1 aliphatic heterocycles. The maximum Gasteiger partial charge on any atom is 0.268 e. The molecule has 8 rings (SSSR count). The molecule has 2 atom stereocenters. The molecule has 0 amide bonds. The smallest absolute Gasteiger partial charge is 0.268 e. The Hall–Kier alpha value is -4.57. The van der Waals surface area contributed by atoms with Crippen LogP contribution in [0.15, 0.2) is 114 Å². The van der Waals surface area contributed by atoms with Crippen LogP contribution in [0.25, 0.3) is 32.9 Å². The Bertz CT molecular complexity index is 2170. The minimum atomic E-state index is -3.70. The zero-order valence-electron chi connectivity index (χ0n) is 25.4. The highest BCUT2D eigenvalue weighted by Gasteiger charge is 2.54. The number of likely N-dealkylation sites (tertiary alicyclic amines) is 1. The molecule has 2 aliphatic rings. The van der Waals surface area contributed by atoms with E-state index in [1.54, 1.807) is 42.9 Å². The van der Waals surface area contributed by atoms with Crippen LogP contribution in [0, 0.1) is 11.3 Å². The van der Waals surface area contributed by atoms with E-state index in [9.17, 15) is 13.5 Å². The number of fused-ring (bicyclic) bond motifs is 2. The summed E-state index contributed by atoms with van der Waals surface area (Å²) in [5.74, 6) is 1.17. The van der Waals surface area contributed by atoms with Gasteiger partial charge in [-0.15, -0.1) is 0 Å². The molecular weight excluding hydrogens is 595 g/mol. The van der Waals surface area contributed by atoms with Gasteiger partial charge in [0.1, 0.15) is 12.1 Å². The Labute approximate surface area is 268 Å². The van der Waals surface area contributed by atoms with Crippen LogP contribution in [-0.4, -0.2) is 52.1 Å². The summed E-state index contributed by atoms with van der Waals surface area (Å²) in [5, 5.41) is 14.8. The number of piperidine rings is 1. The van der Waals surface area contributed by atoms with Crippen LogP contribution in [0.3, 0.4) is 0 Å². The summed E-state index contributed by atoms with van der Waals surface area (Å²) < 4.78 is 27.8. The van der Waals surface area contributed by atoms with E-state index < -0.39 is 10.0 Å². The van der Waals surface area contributed by atoms with Gasteiger partial charge < -0.3 is 10.4 Å². The maximum absolute atomic E-state index is 13.3. The third kappa shape index (κ3) is 5.24. The van der Waals surface area contributed by atoms with Crippen molar-refractivity contribution in [2.24, 2.45) is 11.3 Å². The highest BCUT2D eigenvalue weighted by molar-refractivity contribution is 7.90. The highest BCUT2D eigenvalue weighted by Crippen LogP contribution is 2.57. The fourth-order valence-electron chi connectivity index (χ4n) is 7.23. The predicted octanol–water partition coefficient (Wildman–Crippen LogP) is 6.83. The zero-order chi connectivity index (χ0) is 31.3. The first-order valence-corrected chi connectivity index (χ1v) is 17.2. The van der Waals surface area contributed by atoms with E-state index in [0.29, 0.717) is 29.3 Å². The second-order valence-electron chi connectivity index (χ2n) is 12.7. The highest BCUT2D eigenvalue weighted by atomic mass is 32.2. The number of benzene rings is 4. The first-order chi connectivity index (χ1) is 22.4. The maximum atomic E-state index is 13.3. The molecule has 1 saturated heterocycles. The van der Waals surface area contributed by atoms with Gasteiger partial charge in [0.25, 0.3) is 10.0 Å². The van der Waals surface area contributed by atoms with Gasteiger partial charge in [0.15, 0.2) is 0 Å². The Balaban J connectivity index is 1.02. The van der Waals surface area contributed by atoms with Crippen molar-refractivity contribution in [3.05, 3.63) is 115 Å². The molecule has 8 nitrogen and oxygen atoms in total. The van der Waals surface area contributed by atoms with Crippen LogP contribution in [-0.2, 0) is 16.6 Å². The van der Waals surface area contributed by atoms with Crippen LogP contribution in [0.5, 0.6) is 0 Å². The first kappa shape index (κ1) is 28.9. The summed E-state index contributed by atoms with van der Waals surface area (Å²) in [4.78, 5) is 11.9. The number of hydrogen-bond donors (Lipinski definition) is 2. The summed E-state index contributed by atoms with van der Waals surface area (Å²) in [6.07, 6.45) is 6.77. The lowest BCUT2D eigenvalue weighted by Crippen LogP contribution is -2.37. The van der Waals surface area contributed by atoms with Gasteiger partial charge >= 0.3 is 0 Å². The molecule has 2 unspecified atom stereocenters. The molecule has 3 heterocycles. The third-order valence-corrected chi connectivity index (χ3v) is 11.5. The lowest BCUT2D eigenvalue weighted by atomic mass is 9.92. The third-order valence-electron chi connectivity index (χ3n) is 9.81. The van der Waals surface area contributed by atoms with Gasteiger partial charge in [0.05, 0.1) is 15.9 Å². The number of rotatable bonds is 8. The second kappa shape index (κ2) is 11.3. The minimum Gasteiger partial charge on any atom is -0.396 e. The SMILES string of the molecule is O=S(=O)(c1ccccc1)n1ccc2cc(Nc3ncnc4ccc(-c5ccc(CN6CCCC7(CC7CO)C6)cc5)cc34)ccc21. The van der Waals surface area contributed by atoms with Gasteiger partial charge in [-0.25, -0.2) is 22.4 Å². The van der Waals surface area contributed by atoms with Crippen LogP contribution >= 0.6 is 0 Å². The molecule has 2 fully saturated rings. The molecule has 1 spiro atoms. The molecule has 0 radical (unpaired) electrons. The normalized spacial score (nSPS) is 20.0. The Kier molecular flexibility index (Phi) is 7.12. The number of aliphatic hydroxyl groups is 1. The quantitative estimate of drug-likeness (QED) is 0.190. The van der Waals surface area contributed by atoms with Crippen LogP contribution in [0.2, 0.25) is 0 Å². The van der Waals surface area contributed by atoms with Crippen molar-refractivity contribution < 1.29 is 13.5 Å². The molecule has 4 aromatic carbocycles. The lowest BCUT2D eigenvalue weighted by molar-refractivity contribution is 0.130. The standard InChI is InChI=1S/C37H35N5O3S/c43-23-30-21-37(30)16-4-17-41(24-37)22-26-7-9-27(10-8-26)28-11-13-34-33(20-28)36(39-25-38-34)40-31-12-14-35-29(19-31)15-18-42(35)46(44,45)32-5-2-1-3-6-32/h1-3,5-15,18-20,25,30,43H,4,16-17,21-24H2,(H,38,39,40). The first-order valence-electron chi connectivity index (χ1n) is 15.8. The van der Waals surface area contributed by atoms with E-state index >= 15 is 0 Å².